The molecule has 4 aromatic rings. The van der Waals surface area contributed by atoms with Crippen molar-refractivity contribution in [3.8, 4) is 11.1 Å². The van der Waals surface area contributed by atoms with Gasteiger partial charge in [-0.05, 0) is 74.3 Å². The minimum absolute atomic E-state index is 0.164. The normalized spacial score (nSPS) is 14.6. The predicted octanol–water partition coefficient (Wildman–Crippen LogP) is 9.83. The van der Waals surface area contributed by atoms with Crippen LogP contribution in [-0.2, 0) is 18.6 Å². The van der Waals surface area contributed by atoms with Crippen LogP contribution in [0.15, 0.2) is 54.9 Å². The fourth-order valence-corrected chi connectivity index (χ4v) is 5.25. The van der Waals surface area contributed by atoms with Crippen LogP contribution in [0.5, 0.6) is 0 Å². The van der Waals surface area contributed by atoms with Gasteiger partial charge in [-0.2, -0.15) is 0 Å². The molecule has 1 unspecified atom stereocenters. The lowest BCUT2D eigenvalue weighted by Crippen LogP contribution is -2.27. The highest BCUT2D eigenvalue weighted by Gasteiger charge is 2.29. The molecule has 6 nitrogen and oxygen atoms in total. The topological polar surface area (TPSA) is 80.9 Å². The number of aromatic nitrogens is 4. The SMILES string of the molecule is CC.CC(=O)c1cccc(C2CC2)c1.CCCC.CCCCC(O)(CC)c1ncc(-c2ccc3nc4n(c3c2)CCC4)cn1. The smallest absolute Gasteiger partial charge is 0.159 e. The molecular formula is C38H54N4O2. The summed E-state index contributed by atoms with van der Waals surface area (Å²) >= 11 is 0. The Labute approximate surface area is 265 Å². The van der Waals surface area contributed by atoms with E-state index in [0.29, 0.717) is 18.7 Å². The highest BCUT2D eigenvalue weighted by molar-refractivity contribution is 5.94. The molecule has 2 aromatic carbocycles. The molecule has 1 aliphatic heterocycles. The number of imidazole rings is 1. The summed E-state index contributed by atoms with van der Waals surface area (Å²) in [7, 11) is 0. The molecule has 0 spiro atoms. The third kappa shape index (κ3) is 9.07. The van der Waals surface area contributed by atoms with Gasteiger partial charge in [0.05, 0.1) is 11.0 Å². The Morgan fingerprint density at radius 2 is 1.66 bits per heavy atom. The van der Waals surface area contributed by atoms with Crippen molar-refractivity contribution in [1.29, 1.82) is 0 Å². The molecule has 2 aliphatic rings. The van der Waals surface area contributed by atoms with Gasteiger partial charge in [-0.1, -0.05) is 91.5 Å². The molecule has 1 fully saturated rings. The number of fused-ring (bicyclic) bond motifs is 3. The van der Waals surface area contributed by atoms with Crippen molar-refractivity contribution < 1.29 is 9.90 Å². The number of hydrogen-bond donors (Lipinski definition) is 1. The Hall–Kier alpha value is -3.38. The molecule has 0 saturated heterocycles. The molecule has 2 aromatic heterocycles. The number of nitrogens with zero attached hydrogens (tertiary/aromatic N) is 4. The van der Waals surface area contributed by atoms with Gasteiger partial charge in [0.2, 0.25) is 0 Å². The van der Waals surface area contributed by atoms with E-state index in [1.165, 1.54) is 49.0 Å². The fraction of sp³-hybridized carbons (Fsp3) is 0.526. The molecule has 1 saturated carbocycles. The Morgan fingerprint density at radius 3 is 2.25 bits per heavy atom. The average molecular weight is 599 g/mol. The van der Waals surface area contributed by atoms with Gasteiger partial charge in [0.25, 0.3) is 0 Å². The maximum absolute atomic E-state index is 11.0. The lowest BCUT2D eigenvalue weighted by molar-refractivity contribution is 0.0123. The van der Waals surface area contributed by atoms with Crippen LogP contribution in [0.3, 0.4) is 0 Å². The largest absolute Gasteiger partial charge is 0.382 e. The Bertz CT molecular complexity index is 1450. The van der Waals surface area contributed by atoms with E-state index in [2.05, 4.69) is 59.6 Å². The highest BCUT2D eigenvalue weighted by atomic mass is 16.3. The van der Waals surface area contributed by atoms with E-state index >= 15 is 0 Å². The zero-order chi connectivity index (χ0) is 32.1. The van der Waals surface area contributed by atoms with Crippen molar-refractivity contribution in [2.75, 3.05) is 0 Å². The third-order valence-electron chi connectivity index (χ3n) is 8.38. The molecule has 6 rings (SSSR count). The molecule has 44 heavy (non-hydrogen) atoms. The first-order valence-electron chi connectivity index (χ1n) is 17.0. The molecule has 6 heteroatoms. The molecule has 1 aliphatic carbocycles. The number of aliphatic hydroxyl groups is 1. The summed E-state index contributed by atoms with van der Waals surface area (Å²) in [5.41, 5.74) is 5.56. The van der Waals surface area contributed by atoms with Crippen LogP contribution in [-0.4, -0.2) is 30.4 Å². The highest BCUT2D eigenvalue weighted by Crippen LogP contribution is 2.40. The molecular weight excluding hydrogens is 544 g/mol. The zero-order valence-corrected chi connectivity index (χ0v) is 28.2. The third-order valence-corrected chi connectivity index (χ3v) is 8.38. The fourth-order valence-electron chi connectivity index (χ4n) is 5.25. The molecule has 0 radical (unpaired) electrons. The van der Waals surface area contributed by atoms with Gasteiger partial charge in [-0.25, -0.2) is 15.0 Å². The van der Waals surface area contributed by atoms with E-state index in [4.69, 9.17) is 4.98 Å². The first-order chi connectivity index (χ1) is 21.3. The minimum Gasteiger partial charge on any atom is -0.382 e. The molecule has 1 N–H and O–H groups in total. The quantitative estimate of drug-likeness (QED) is 0.194. The monoisotopic (exact) mass is 598 g/mol. The van der Waals surface area contributed by atoms with Gasteiger partial charge in [0, 0.05) is 36.5 Å². The number of Topliss-reactive ketones (excluding diaryl/α,β-unsaturated/α-hetero) is 1. The summed E-state index contributed by atoms with van der Waals surface area (Å²) in [5.74, 6) is 2.62. The van der Waals surface area contributed by atoms with Crippen molar-refractivity contribution in [2.45, 2.75) is 131 Å². The second-order valence-corrected chi connectivity index (χ2v) is 11.7. The van der Waals surface area contributed by atoms with Crippen LogP contribution < -0.4 is 0 Å². The van der Waals surface area contributed by atoms with Gasteiger partial charge in [0.1, 0.15) is 11.4 Å². The Balaban J connectivity index is 0.000000243. The van der Waals surface area contributed by atoms with Crippen molar-refractivity contribution in [2.24, 2.45) is 0 Å². The Kier molecular flexibility index (Phi) is 13.7. The molecule has 0 amide bonds. The molecule has 238 valence electrons. The van der Waals surface area contributed by atoms with E-state index in [0.717, 1.165) is 53.9 Å². The van der Waals surface area contributed by atoms with E-state index in [1.807, 2.05) is 51.4 Å². The lowest BCUT2D eigenvalue weighted by Gasteiger charge is -2.25. The summed E-state index contributed by atoms with van der Waals surface area (Å²) in [4.78, 5) is 24.8. The molecule has 3 heterocycles. The van der Waals surface area contributed by atoms with Crippen LogP contribution in [0.1, 0.15) is 140 Å². The number of rotatable bonds is 9. The van der Waals surface area contributed by atoms with Crippen molar-refractivity contribution in [3.63, 3.8) is 0 Å². The van der Waals surface area contributed by atoms with E-state index in [-0.39, 0.29) is 5.78 Å². The van der Waals surface area contributed by atoms with Gasteiger partial charge in [-0.3, -0.25) is 4.79 Å². The van der Waals surface area contributed by atoms with E-state index in [1.54, 1.807) is 6.92 Å². The number of benzene rings is 2. The van der Waals surface area contributed by atoms with Gasteiger partial charge in [0.15, 0.2) is 11.6 Å². The van der Waals surface area contributed by atoms with Crippen LogP contribution in [0.2, 0.25) is 0 Å². The summed E-state index contributed by atoms with van der Waals surface area (Å²) in [6, 6.07) is 14.3. The van der Waals surface area contributed by atoms with Gasteiger partial charge < -0.3 is 9.67 Å². The Morgan fingerprint density at radius 1 is 0.955 bits per heavy atom. The van der Waals surface area contributed by atoms with E-state index < -0.39 is 5.60 Å². The summed E-state index contributed by atoms with van der Waals surface area (Å²) in [6.07, 6.45) is 14.5. The first-order valence-corrected chi connectivity index (χ1v) is 17.0. The number of carbonyl (C=O) groups excluding carboxylic acids is 1. The van der Waals surface area contributed by atoms with Crippen LogP contribution >= 0.6 is 0 Å². The lowest BCUT2D eigenvalue weighted by atomic mass is 9.93. The van der Waals surface area contributed by atoms with Gasteiger partial charge in [-0.15, -0.1) is 0 Å². The summed E-state index contributed by atoms with van der Waals surface area (Å²) in [6.45, 7) is 15.1. The number of ketones is 1. The number of unbranched alkanes of at least 4 members (excludes halogenated alkanes) is 2. The number of aryl methyl sites for hydroxylation is 2. The van der Waals surface area contributed by atoms with Crippen LogP contribution in [0.25, 0.3) is 22.2 Å². The van der Waals surface area contributed by atoms with E-state index in [9.17, 15) is 9.90 Å². The zero-order valence-electron chi connectivity index (χ0n) is 28.2. The van der Waals surface area contributed by atoms with Crippen LogP contribution in [0.4, 0.5) is 0 Å². The standard InChI is InChI=1S/C21H26N4O.C11H12O.C4H10.C2H6/c1-3-5-10-21(26,4-2)20-22-13-16(14-23-20)15-8-9-17-18(12-15)25-11-6-7-19(25)24-17;1-8(12)10-3-2-4-11(7-10)9-5-6-9;1-3-4-2;1-2/h8-9,12-14,26H,3-7,10-11H2,1-2H3;2-4,7,9H,5-6H2,1H3;3-4H2,1-2H3;1-2H3. The minimum atomic E-state index is -0.926. The number of carbonyl (C=O) groups is 1. The average Bonchev–Trinajstić information content (AvgIpc) is 3.73. The molecule has 1 atom stereocenters. The van der Waals surface area contributed by atoms with Crippen molar-refractivity contribution in [3.05, 3.63) is 77.6 Å². The number of hydrogen-bond acceptors (Lipinski definition) is 5. The van der Waals surface area contributed by atoms with Crippen molar-refractivity contribution >= 4 is 16.8 Å². The molecule has 0 bridgehead atoms. The maximum atomic E-state index is 11.0. The predicted molar refractivity (Wildman–Crippen MR) is 183 cm³/mol. The second kappa shape index (κ2) is 17.2. The first kappa shape index (κ1) is 35.1. The van der Waals surface area contributed by atoms with Crippen molar-refractivity contribution in [1.82, 2.24) is 19.5 Å². The van der Waals surface area contributed by atoms with Gasteiger partial charge >= 0.3 is 0 Å². The summed E-state index contributed by atoms with van der Waals surface area (Å²) < 4.78 is 2.31. The second-order valence-electron chi connectivity index (χ2n) is 11.7. The van der Waals surface area contributed by atoms with Crippen LogP contribution in [0, 0.1) is 0 Å². The summed E-state index contributed by atoms with van der Waals surface area (Å²) in [5, 5.41) is 10.9. The maximum Gasteiger partial charge on any atom is 0.159 e.